The van der Waals surface area contributed by atoms with E-state index in [0.717, 1.165) is 39.0 Å². The molecule has 1 saturated heterocycles. The summed E-state index contributed by atoms with van der Waals surface area (Å²) < 4.78 is 0. The molecule has 124 valence electrons. The summed E-state index contributed by atoms with van der Waals surface area (Å²) >= 11 is 0. The van der Waals surface area contributed by atoms with Crippen molar-refractivity contribution in [3.05, 3.63) is 35.9 Å². The Bertz CT molecular complexity index is 399. The molecule has 1 aliphatic heterocycles. The molecule has 1 heterocycles. The average molecular weight is 304 g/mol. The van der Waals surface area contributed by atoms with E-state index in [-0.39, 0.29) is 6.10 Å². The van der Waals surface area contributed by atoms with E-state index in [1.54, 1.807) is 0 Å². The molecule has 0 aliphatic carbocycles. The van der Waals surface area contributed by atoms with Crippen LogP contribution < -0.4 is 5.32 Å². The molecule has 2 rings (SSSR count). The Balaban J connectivity index is 1.72. The number of nitrogens with zero attached hydrogens (tertiary/aromatic N) is 1. The first kappa shape index (κ1) is 17.5. The lowest BCUT2D eigenvalue weighted by Crippen LogP contribution is -2.37. The van der Waals surface area contributed by atoms with E-state index in [9.17, 15) is 5.11 Å². The maximum Gasteiger partial charge on any atom is 0.0564 e. The van der Waals surface area contributed by atoms with Crippen molar-refractivity contribution in [3.8, 4) is 0 Å². The largest absolute Gasteiger partial charge is 0.393 e. The first-order valence-electron chi connectivity index (χ1n) is 8.84. The van der Waals surface area contributed by atoms with Crippen LogP contribution in [0.3, 0.4) is 0 Å². The van der Waals surface area contributed by atoms with Crippen LogP contribution in [0.25, 0.3) is 0 Å². The molecule has 1 atom stereocenters. The monoisotopic (exact) mass is 304 g/mol. The zero-order valence-corrected chi connectivity index (χ0v) is 14.2. The number of rotatable bonds is 8. The van der Waals surface area contributed by atoms with Crippen molar-refractivity contribution in [2.75, 3.05) is 26.2 Å². The van der Waals surface area contributed by atoms with Crippen LogP contribution in [-0.2, 0) is 0 Å². The van der Waals surface area contributed by atoms with Crippen LogP contribution in [0.2, 0.25) is 0 Å². The number of nitrogens with one attached hydrogen (secondary N) is 1. The highest BCUT2D eigenvalue weighted by Gasteiger charge is 2.16. The van der Waals surface area contributed by atoms with Crippen molar-refractivity contribution in [1.82, 2.24) is 10.2 Å². The van der Waals surface area contributed by atoms with Crippen LogP contribution in [0.1, 0.15) is 51.1 Å². The smallest absolute Gasteiger partial charge is 0.0564 e. The van der Waals surface area contributed by atoms with Crippen LogP contribution >= 0.6 is 0 Å². The standard InChI is InChI=1S/C19H32N2O/c1-16(2)15-19(17-7-4-3-5-8-17)20-11-6-12-21-13-9-18(22)10-14-21/h3-5,7-8,16,18-20,22H,6,9-15H2,1-2H3. The predicted molar refractivity (Wildman–Crippen MR) is 92.9 cm³/mol. The first-order valence-corrected chi connectivity index (χ1v) is 8.84. The quantitative estimate of drug-likeness (QED) is 0.724. The van der Waals surface area contributed by atoms with Gasteiger partial charge >= 0.3 is 0 Å². The summed E-state index contributed by atoms with van der Waals surface area (Å²) in [6, 6.07) is 11.3. The fourth-order valence-electron chi connectivity index (χ4n) is 3.22. The number of hydrogen-bond acceptors (Lipinski definition) is 3. The molecule has 22 heavy (non-hydrogen) atoms. The SMILES string of the molecule is CC(C)CC(NCCCN1CCC(O)CC1)c1ccccc1. The average Bonchev–Trinajstić information content (AvgIpc) is 2.52. The summed E-state index contributed by atoms with van der Waals surface area (Å²) in [6.07, 6.45) is 4.17. The molecule has 1 unspecified atom stereocenters. The summed E-state index contributed by atoms with van der Waals surface area (Å²) in [4.78, 5) is 2.48. The number of aliphatic hydroxyl groups is 1. The van der Waals surface area contributed by atoms with Gasteiger partial charge in [0.25, 0.3) is 0 Å². The normalized spacial score (nSPS) is 18.7. The van der Waals surface area contributed by atoms with Crippen molar-refractivity contribution < 1.29 is 5.11 Å². The van der Waals surface area contributed by atoms with Gasteiger partial charge in [0, 0.05) is 19.1 Å². The van der Waals surface area contributed by atoms with Crippen LogP contribution in [0, 0.1) is 5.92 Å². The fourth-order valence-corrected chi connectivity index (χ4v) is 3.22. The molecule has 0 aromatic heterocycles. The van der Waals surface area contributed by atoms with Gasteiger partial charge in [-0.05, 0) is 50.3 Å². The lowest BCUT2D eigenvalue weighted by molar-refractivity contribution is 0.0820. The van der Waals surface area contributed by atoms with E-state index in [4.69, 9.17) is 0 Å². The molecule has 1 fully saturated rings. The molecular weight excluding hydrogens is 272 g/mol. The molecule has 0 spiro atoms. The molecule has 0 bridgehead atoms. The van der Waals surface area contributed by atoms with E-state index in [1.807, 2.05) is 0 Å². The summed E-state index contributed by atoms with van der Waals surface area (Å²) in [5, 5.41) is 13.3. The van der Waals surface area contributed by atoms with Crippen molar-refractivity contribution in [2.45, 2.75) is 51.7 Å². The van der Waals surface area contributed by atoms with Gasteiger partial charge in [-0.3, -0.25) is 0 Å². The second-order valence-electron chi connectivity index (χ2n) is 6.97. The van der Waals surface area contributed by atoms with E-state index in [2.05, 4.69) is 54.4 Å². The van der Waals surface area contributed by atoms with E-state index >= 15 is 0 Å². The number of piperidine rings is 1. The van der Waals surface area contributed by atoms with Crippen molar-refractivity contribution >= 4 is 0 Å². The molecule has 3 heteroatoms. The second kappa shape index (κ2) is 9.29. The zero-order chi connectivity index (χ0) is 15.8. The third-order valence-corrected chi connectivity index (χ3v) is 4.51. The highest BCUT2D eigenvalue weighted by Crippen LogP contribution is 2.21. The molecule has 3 nitrogen and oxygen atoms in total. The van der Waals surface area contributed by atoms with Crippen molar-refractivity contribution in [2.24, 2.45) is 5.92 Å². The van der Waals surface area contributed by atoms with Gasteiger partial charge in [-0.25, -0.2) is 0 Å². The van der Waals surface area contributed by atoms with Crippen LogP contribution in [0.4, 0.5) is 0 Å². The first-order chi connectivity index (χ1) is 10.6. The van der Waals surface area contributed by atoms with Crippen molar-refractivity contribution in [3.63, 3.8) is 0 Å². The Kier molecular flexibility index (Phi) is 7.37. The van der Waals surface area contributed by atoms with Gasteiger partial charge in [0.15, 0.2) is 0 Å². The summed E-state index contributed by atoms with van der Waals surface area (Å²) in [7, 11) is 0. The highest BCUT2D eigenvalue weighted by atomic mass is 16.3. The Morgan fingerprint density at radius 2 is 1.86 bits per heavy atom. The number of benzene rings is 1. The van der Waals surface area contributed by atoms with Gasteiger partial charge in [-0.1, -0.05) is 44.2 Å². The molecule has 1 aliphatic rings. The zero-order valence-electron chi connectivity index (χ0n) is 14.2. The predicted octanol–water partition coefficient (Wildman–Crippen LogP) is 3.21. The van der Waals surface area contributed by atoms with Gasteiger partial charge in [0.1, 0.15) is 0 Å². The maximum atomic E-state index is 9.54. The minimum atomic E-state index is -0.0668. The van der Waals surface area contributed by atoms with Crippen molar-refractivity contribution in [1.29, 1.82) is 0 Å². The number of likely N-dealkylation sites (tertiary alicyclic amines) is 1. The van der Waals surface area contributed by atoms with Gasteiger partial charge in [0.2, 0.25) is 0 Å². The third-order valence-electron chi connectivity index (χ3n) is 4.51. The summed E-state index contributed by atoms with van der Waals surface area (Å²) in [5.41, 5.74) is 1.40. The lowest BCUT2D eigenvalue weighted by Gasteiger charge is -2.29. The Morgan fingerprint density at radius 3 is 2.50 bits per heavy atom. The topological polar surface area (TPSA) is 35.5 Å². The molecule has 1 aromatic carbocycles. The lowest BCUT2D eigenvalue weighted by atomic mass is 9.97. The Morgan fingerprint density at radius 1 is 1.18 bits per heavy atom. The minimum absolute atomic E-state index is 0.0668. The van der Waals surface area contributed by atoms with Gasteiger partial charge in [-0.15, -0.1) is 0 Å². The maximum absolute atomic E-state index is 9.54. The van der Waals surface area contributed by atoms with E-state index in [1.165, 1.54) is 18.4 Å². The van der Waals surface area contributed by atoms with Gasteiger partial charge in [-0.2, -0.15) is 0 Å². The van der Waals surface area contributed by atoms with Crippen LogP contribution in [-0.4, -0.2) is 42.3 Å². The molecular formula is C19H32N2O. The molecule has 0 radical (unpaired) electrons. The van der Waals surface area contributed by atoms with Crippen LogP contribution in [0.15, 0.2) is 30.3 Å². The number of hydrogen-bond donors (Lipinski definition) is 2. The van der Waals surface area contributed by atoms with Crippen LogP contribution in [0.5, 0.6) is 0 Å². The highest BCUT2D eigenvalue weighted by molar-refractivity contribution is 5.18. The molecule has 0 saturated carbocycles. The molecule has 2 N–H and O–H groups in total. The molecule has 1 aromatic rings. The Labute approximate surface area is 135 Å². The Hall–Kier alpha value is -0.900. The number of aliphatic hydroxyl groups excluding tert-OH is 1. The van der Waals surface area contributed by atoms with Gasteiger partial charge < -0.3 is 15.3 Å². The fraction of sp³-hybridized carbons (Fsp3) is 0.684. The second-order valence-corrected chi connectivity index (χ2v) is 6.97. The summed E-state index contributed by atoms with van der Waals surface area (Å²) in [6.45, 7) is 8.88. The third kappa shape index (κ3) is 6.07. The minimum Gasteiger partial charge on any atom is -0.393 e. The molecule has 0 amide bonds. The van der Waals surface area contributed by atoms with Gasteiger partial charge in [0.05, 0.1) is 6.10 Å². The summed E-state index contributed by atoms with van der Waals surface area (Å²) in [5.74, 6) is 0.696. The van der Waals surface area contributed by atoms with E-state index in [0.29, 0.717) is 12.0 Å². The van der Waals surface area contributed by atoms with E-state index < -0.39 is 0 Å².